The molecule has 1 rings (SSSR count). The van der Waals surface area contributed by atoms with Crippen LogP contribution in [0.3, 0.4) is 0 Å². The molecule has 0 bridgehead atoms. The largest absolute Gasteiger partial charge is 0.331 e. The molecule has 2 nitrogen and oxygen atoms in total. The Bertz CT molecular complexity index is 135. The lowest BCUT2D eigenvalue weighted by molar-refractivity contribution is -0.484. The summed E-state index contributed by atoms with van der Waals surface area (Å²) in [6, 6.07) is 0. The van der Waals surface area contributed by atoms with Gasteiger partial charge in [-0.2, -0.15) is 0 Å². The van der Waals surface area contributed by atoms with Gasteiger partial charge in [-0.25, -0.2) is 0 Å². The highest BCUT2D eigenvalue weighted by atomic mass is 16.3. The topological polar surface area (TPSA) is 20.1 Å². The summed E-state index contributed by atoms with van der Waals surface area (Å²) in [7, 11) is 0. The number of rotatable bonds is 0. The average molecular weight is 95.1 g/mol. The number of nitrogens with zero attached hydrogens (tertiary/aromatic N) is 1. The van der Waals surface area contributed by atoms with Crippen molar-refractivity contribution in [2.45, 2.75) is 0 Å². The normalized spacial score (nSPS) is 18.0. The van der Waals surface area contributed by atoms with Gasteiger partial charge in [-0.05, 0) is 6.08 Å². The summed E-state index contributed by atoms with van der Waals surface area (Å²) in [6.07, 6.45) is 7.62. The van der Waals surface area contributed by atoms with Crippen molar-refractivity contribution < 1.29 is 4.76 Å². The molecular formula is C5H5NO+. The van der Waals surface area contributed by atoms with Crippen LogP contribution in [0, 0.1) is 11.1 Å². The standard InChI is InChI=1S/C5H5NO/c7-6-4-2-1-3-5-6/h1-3H,4H2/q+1. The maximum absolute atomic E-state index is 10.2. The summed E-state index contributed by atoms with van der Waals surface area (Å²) in [5, 5.41) is 0. The lowest BCUT2D eigenvalue weighted by atomic mass is 10.4. The molecule has 0 unspecified atom stereocenters. The fraction of sp³-hybridized carbons (Fsp3) is 0.200. The van der Waals surface area contributed by atoms with Gasteiger partial charge < -0.3 is 0 Å². The third-order valence-corrected chi connectivity index (χ3v) is 0.722. The molecule has 35 valence electrons. The van der Waals surface area contributed by atoms with E-state index < -0.39 is 0 Å². The Balaban J connectivity index is 2.66. The SMILES string of the molecule is O=[N+]1[C]=CC=CC1. The van der Waals surface area contributed by atoms with Crippen LogP contribution < -0.4 is 0 Å². The van der Waals surface area contributed by atoms with Crippen molar-refractivity contribution in [3.63, 3.8) is 0 Å². The highest BCUT2D eigenvalue weighted by Gasteiger charge is 2.01. The monoisotopic (exact) mass is 95.0 g/mol. The minimum atomic E-state index is 0.441. The second-order valence-electron chi connectivity index (χ2n) is 1.28. The summed E-state index contributed by atoms with van der Waals surface area (Å²) in [6.45, 7) is 0.441. The fourth-order valence-electron chi connectivity index (χ4n) is 0.404. The fourth-order valence-corrected chi connectivity index (χ4v) is 0.404. The van der Waals surface area contributed by atoms with E-state index in [1.54, 1.807) is 18.2 Å². The molecule has 0 saturated carbocycles. The highest BCUT2D eigenvalue weighted by molar-refractivity contribution is 4.99. The zero-order valence-corrected chi connectivity index (χ0v) is 3.79. The van der Waals surface area contributed by atoms with Crippen molar-refractivity contribution in [3.05, 3.63) is 29.3 Å². The predicted octanol–water partition coefficient (Wildman–Crippen LogP) is 0.652. The molecular weight excluding hydrogens is 90.1 g/mol. The van der Waals surface area contributed by atoms with E-state index in [1.165, 1.54) is 0 Å². The van der Waals surface area contributed by atoms with Crippen molar-refractivity contribution in [2.75, 3.05) is 6.54 Å². The van der Waals surface area contributed by atoms with Gasteiger partial charge in [0.15, 0.2) is 0 Å². The summed E-state index contributed by atoms with van der Waals surface area (Å²) in [4.78, 5) is 10.2. The molecule has 1 radical (unpaired) electrons. The molecule has 0 amide bonds. The van der Waals surface area contributed by atoms with Crippen LogP contribution in [0.25, 0.3) is 0 Å². The van der Waals surface area contributed by atoms with E-state index in [0.717, 1.165) is 4.76 Å². The van der Waals surface area contributed by atoms with Gasteiger partial charge in [0, 0.05) is 15.7 Å². The van der Waals surface area contributed by atoms with Crippen LogP contribution in [0.1, 0.15) is 0 Å². The molecule has 0 saturated heterocycles. The summed E-state index contributed by atoms with van der Waals surface area (Å²) in [5.74, 6) is 0. The zero-order valence-electron chi connectivity index (χ0n) is 3.79. The van der Waals surface area contributed by atoms with Gasteiger partial charge >= 0.3 is 6.20 Å². The van der Waals surface area contributed by atoms with Crippen LogP contribution in [-0.2, 0) is 0 Å². The van der Waals surface area contributed by atoms with E-state index in [4.69, 9.17) is 0 Å². The molecule has 0 aromatic carbocycles. The first kappa shape index (κ1) is 4.24. The van der Waals surface area contributed by atoms with Gasteiger partial charge in [0.25, 0.3) is 0 Å². The van der Waals surface area contributed by atoms with Crippen LogP contribution in [-0.4, -0.2) is 11.3 Å². The second kappa shape index (κ2) is 1.69. The molecule has 1 aliphatic rings. The Morgan fingerprint density at radius 1 is 1.71 bits per heavy atom. The number of hydrogen-bond acceptors (Lipinski definition) is 1. The van der Waals surface area contributed by atoms with E-state index in [0.29, 0.717) is 6.54 Å². The Morgan fingerprint density at radius 3 is 2.86 bits per heavy atom. The first-order valence-electron chi connectivity index (χ1n) is 2.09. The number of hydrogen-bond donors (Lipinski definition) is 0. The van der Waals surface area contributed by atoms with Crippen LogP contribution in [0.4, 0.5) is 0 Å². The first-order valence-corrected chi connectivity index (χ1v) is 2.09. The average Bonchev–Trinajstić information content (AvgIpc) is 1.69. The molecule has 0 fully saturated rings. The first-order chi connectivity index (χ1) is 3.39. The van der Waals surface area contributed by atoms with Gasteiger partial charge in [0.1, 0.15) is 0 Å². The Kier molecular flexibility index (Phi) is 1.02. The third-order valence-electron chi connectivity index (χ3n) is 0.722. The molecule has 0 N–H and O–H groups in total. The van der Waals surface area contributed by atoms with Gasteiger partial charge in [-0.3, -0.25) is 0 Å². The third kappa shape index (κ3) is 0.961. The van der Waals surface area contributed by atoms with Crippen molar-refractivity contribution in [1.29, 1.82) is 0 Å². The van der Waals surface area contributed by atoms with Crippen molar-refractivity contribution in [3.8, 4) is 0 Å². The summed E-state index contributed by atoms with van der Waals surface area (Å²) in [5.41, 5.74) is 0. The number of allylic oxidation sites excluding steroid dienone is 2. The predicted molar refractivity (Wildman–Crippen MR) is 25.4 cm³/mol. The maximum atomic E-state index is 10.2. The molecule has 0 atom stereocenters. The minimum Gasteiger partial charge on any atom is -0.0528 e. The molecule has 0 aliphatic carbocycles. The highest BCUT2D eigenvalue weighted by Crippen LogP contribution is 1.86. The minimum absolute atomic E-state index is 0.441. The molecule has 0 spiro atoms. The van der Waals surface area contributed by atoms with Gasteiger partial charge in [0.2, 0.25) is 6.54 Å². The molecule has 2 heteroatoms. The molecule has 0 aromatic rings. The van der Waals surface area contributed by atoms with Crippen LogP contribution in [0.5, 0.6) is 0 Å². The van der Waals surface area contributed by atoms with Gasteiger partial charge in [-0.1, -0.05) is 6.08 Å². The van der Waals surface area contributed by atoms with Crippen molar-refractivity contribution in [1.82, 2.24) is 0 Å². The van der Waals surface area contributed by atoms with E-state index >= 15 is 0 Å². The Labute approximate surface area is 41.7 Å². The van der Waals surface area contributed by atoms with Crippen molar-refractivity contribution >= 4 is 0 Å². The maximum Gasteiger partial charge on any atom is 0.331 e. The van der Waals surface area contributed by atoms with E-state index in [9.17, 15) is 4.91 Å². The lowest BCUT2D eigenvalue weighted by Crippen LogP contribution is -2.00. The second-order valence-corrected chi connectivity index (χ2v) is 1.28. The van der Waals surface area contributed by atoms with Crippen molar-refractivity contribution in [2.24, 2.45) is 0 Å². The van der Waals surface area contributed by atoms with Gasteiger partial charge in [-0.15, -0.1) is 0 Å². The Morgan fingerprint density at radius 2 is 2.57 bits per heavy atom. The lowest BCUT2D eigenvalue weighted by Gasteiger charge is -1.79. The number of nitroso groups, excluding NO2 is 1. The molecule has 0 aromatic heterocycles. The quantitative estimate of drug-likeness (QED) is 0.404. The van der Waals surface area contributed by atoms with Crippen LogP contribution >= 0.6 is 0 Å². The smallest absolute Gasteiger partial charge is 0.0528 e. The van der Waals surface area contributed by atoms with E-state index in [1.807, 2.05) is 0 Å². The van der Waals surface area contributed by atoms with E-state index in [2.05, 4.69) is 6.20 Å². The zero-order chi connectivity index (χ0) is 5.11. The van der Waals surface area contributed by atoms with Crippen LogP contribution in [0.2, 0.25) is 0 Å². The summed E-state index contributed by atoms with van der Waals surface area (Å²) >= 11 is 0. The van der Waals surface area contributed by atoms with E-state index in [-0.39, 0.29) is 0 Å². The summed E-state index contributed by atoms with van der Waals surface area (Å²) < 4.78 is 0.750. The Hall–Kier alpha value is -0.920. The molecule has 1 heterocycles. The molecule has 7 heavy (non-hydrogen) atoms. The molecule has 1 aliphatic heterocycles. The van der Waals surface area contributed by atoms with Crippen LogP contribution in [0.15, 0.2) is 18.2 Å². The van der Waals surface area contributed by atoms with Gasteiger partial charge in [0.05, 0.1) is 0 Å².